The molecule has 2 heterocycles. The number of fused-ring (bicyclic) bond motifs is 1. The summed E-state index contributed by atoms with van der Waals surface area (Å²) < 4.78 is 0. The number of benzene rings is 1. The lowest BCUT2D eigenvalue weighted by Crippen LogP contribution is -2.39. The van der Waals surface area contributed by atoms with E-state index in [0.29, 0.717) is 25.9 Å². The van der Waals surface area contributed by atoms with Crippen LogP contribution < -0.4 is 4.90 Å². The van der Waals surface area contributed by atoms with E-state index < -0.39 is 11.9 Å². The average molecular weight is 316 g/mol. The van der Waals surface area contributed by atoms with Crippen molar-refractivity contribution in [2.45, 2.75) is 25.7 Å². The molecule has 2 aliphatic rings. The number of likely N-dealkylation sites (tertiary alicyclic amines) is 1. The Labute approximate surface area is 134 Å². The normalized spacial score (nSPS) is 20.5. The van der Waals surface area contributed by atoms with Crippen molar-refractivity contribution in [1.82, 2.24) is 4.90 Å². The highest BCUT2D eigenvalue weighted by molar-refractivity contribution is 5.97. The lowest BCUT2D eigenvalue weighted by atomic mass is 10.0. The van der Waals surface area contributed by atoms with Gasteiger partial charge in [0.05, 0.1) is 5.92 Å². The van der Waals surface area contributed by atoms with E-state index in [1.165, 1.54) is 0 Å². The zero-order valence-corrected chi connectivity index (χ0v) is 12.9. The first-order valence-electron chi connectivity index (χ1n) is 7.95. The maximum absolute atomic E-state index is 12.3. The number of para-hydroxylation sites is 1. The molecule has 6 heteroatoms. The third-order valence-electron chi connectivity index (χ3n) is 4.63. The Morgan fingerprint density at radius 1 is 1.22 bits per heavy atom. The number of carboxylic acids is 1. The van der Waals surface area contributed by atoms with Gasteiger partial charge in [-0.1, -0.05) is 18.2 Å². The smallest absolute Gasteiger partial charge is 0.308 e. The predicted octanol–water partition coefficient (Wildman–Crippen LogP) is 1.29. The average Bonchev–Trinajstić information content (AvgIpc) is 3.04. The van der Waals surface area contributed by atoms with Crippen molar-refractivity contribution in [3.8, 4) is 0 Å². The van der Waals surface area contributed by atoms with Gasteiger partial charge in [0.1, 0.15) is 0 Å². The molecule has 1 unspecified atom stereocenters. The van der Waals surface area contributed by atoms with Gasteiger partial charge >= 0.3 is 5.97 Å². The van der Waals surface area contributed by atoms with Crippen molar-refractivity contribution in [2.75, 3.05) is 24.5 Å². The lowest BCUT2D eigenvalue weighted by molar-refractivity contribution is -0.141. The summed E-state index contributed by atoms with van der Waals surface area (Å²) in [5, 5.41) is 9.00. The fourth-order valence-electron chi connectivity index (χ4n) is 3.30. The van der Waals surface area contributed by atoms with Crippen molar-refractivity contribution >= 4 is 23.5 Å². The van der Waals surface area contributed by atoms with Gasteiger partial charge in [0.2, 0.25) is 11.8 Å². The Kier molecular flexibility index (Phi) is 4.32. The third kappa shape index (κ3) is 3.21. The number of aliphatic carboxylic acids is 1. The van der Waals surface area contributed by atoms with Gasteiger partial charge in [0.15, 0.2) is 0 Å². The monoisotopic (exact) mass is 316 g/mol. The van der Waals surface area contributed by atoms with Gasteiger partial charge in [-0.3, -0.25) is 14.4 Å². The van der Waals surface area contributed by atoms with Crippen LogP contribution in [-0.2, 0) is 20.8 Å². The molecule has 0 aromatic heterocycles. The molecule has 1 aromatic rings. The van der Waals surface area contributed by atoms with E-state index in [1.807, 2.05) is 24.3 Å². The van der Waals surface area contributed by atoms with Gasteiger partial charge in [-0.25, -0.2) is 0 Å². The Balaban J connectivity index is 1.61. The molecule has 0 bridgehead atoms. The van der Waals surface area contributed by atoms with E-state index in [1.54, 1.807) is 9.80 Å². The first kappa shape index (κ1) is 15.5. The molecule has 0 radical (unpaired) electrons. The SMILES string of the molecule is O=C(O)C1CCN(C(=O)CCN2C(=O)CCc3ccccc32)C1. The van der Waals surface area contributed by atoms with Gasteiger partial charge in [-0.05, 0) is 24.5 Å². The highest BCUT2D eigenvalue weighted by Gasteiger charge is 2.31. The second kappa shape index (κ2) is 6.40. The van der Waals surface area contributed by atoms with Crippen molar-refractivity contribution in [3.63, 3.8) is 0 Å². The summed E-state index contributed by atoms with van der Waals surface area (Å²) in [4.78, 5) is 38.7. The van der Waals surface area contributed by atoms with Crippen LogP contribution in [-0.4, -0.2) is 47.4 Å². The molecule has 3 rings (SSSR count). The Bertz CT molecular complexity index is 643. The van der Waals surface area contributed by atoms with E-state index in [2.05, 4.69) is 0 Å². The van der Waals surface area contributed by atoms with Crippen molar-refractivity contribution in [2.24, 2.45) is 5.92 Å². The Hall–Kier alpha value is -2.37. The fourth-order valence-corrected chi connectivity index (χ4v) is 3.30. The first-order valence-corrected chi connectivity index (χ1v) is 7.95. The van der Waals surface area contributed by atoms with Crippen molar-refractivity contribution in [1.29, 1.82) is 0 Å². The molecule has 1 fully saturated rings. The summed E-state index contributed by atoms with van der Waals surface area (Å²) in [6.07, 6.45) is 1.95. The van der Waals surface area contributed by atoms with Gasteiger partial charge in [-0.2, -0.15) is 0 Å². The first-order chi connectivity index (χ1) is 11.1. The number of carboxylic acid groups (broad SMARTS) is 1. The van der Waals surface area contributed by atoms with Gasteiger partial charge in [-0.15, -0.1) is 0 Å². The minimum absolute atomic E-state index is 0.0429. The minimum atomic E-state index is -0.847. The van der Waals surface area contributed by atoms with E-state index in [4.69, 9.17) is 5.11 Å². The highest BCUT2D eigenvalue weighted by atomic mass is 16.4. The zero-order valence-electron chi connectivity index (χ0n) is 12.9. The van der Waals surface area contributed by atoms with Crippen molar-refractivity contribution in [3.05, 3.63) is 29.8 Å². The number of hydrogen-bond donors (Lipinski definition) is 1. The second-order valence-corrected chi connectivity index (χ2v) is 6.09. The quantitative estimate of drug-likeness (QED) is 0.908. The largest absolute Gasteiger partial charge is 0.481 e. The summed E-state index contributed by atoms with van der Waals surface area (Å²) in [5.74, 6) is -1.34. The predicted molar refractivity (Wildman–Crippen MR) is 84.1 cm³/mol. The van der Waals surface area contributed by atoms with E-state index >= 15 is 0 Å². The van der Waals surface area contributed by atoms with Gasteiger partial charge in [0, 0.05) is 38.2 Å². The van der Waals surface area contributed by atoms with E-state index in [-0.39, 0.29) is 24.8 Å². The number of hydrogen-bond acceptors (Lipinski definition) is 3. The molecule has 2 aliphatic heterocycles. The number of carbonyl (C=O) groups excluding carboxylic acids is 2. The number of nitrogens with zero attached hydrogens (tertiary/aromatic N) is 2. The maximum atomic E-state index is 12.3. The van der Waals surface area contributed by atoms with Gasteiger partial charge in [0.25, 0.3) is 0 Å². The lowest BCUT2D eigenvalue weighted by Gasteiger charge is -2.29. The molecule has 1 aromatic carbocycles. The van der Waals surface area contributed by atoms with Crippen LogP contribution in [0.5, 0.6) is 0 Å². The summed E-state index contributed by atoms with van der Waals surface area (Å²) in [7, 11) is 0. The maximum Gasteiger partial charge on any atom is 0.308 e. The van der Waals surface area contributed by atoms with Gasteiger partial charge < -0.3 is 14.9 Å². The summed E-state index contributed by atoms with van der Waals surface area (Å²) in [6, 6.07) is 7.76. The molecule has 1 N–H and O–H groups in total. The molecule has 1 atom stereocenters. The molecule has 122 valence electrons. The summed E-state index contributed by atoms with van der Waals surface area (Å²) in [5.41, 5.74) is 2.02. The summed E-state index contributed by atoms with van der Waals surface area (Å²) in [6.45, 7) is 1.11. The number of aryl methyl sites for hydroxylation is 1. The molecule has 0 spiro atoms. The summed E-state index contributed by atoms with van der Waals surface area (Å²) >= 11 is 0. The topological polar surface area (TPSA) is 77.9 Å². The second-order valence-electron chi connectivity index (χ2n) is 6.09. The Morgan fingerprint density at radius 2 is 2.00 bits per heavy atom. The van der Waals surface area contributed by atoms with Crippen LogP contribution in [0.2, 0.25) is 0 Å². The zero-order chi connectivity index (χ0) is 16.4. The number of rotatable bonds is 4. The van der Waals surface area contributed by atoms with Crippen LogP contribution in [0.4, 0.5) is 5.69 Å². The molecule has 23 heavy (non-hydrogen) atoms. The third-order valence-corrected chi connectivity index (χ3v) is 4.63. The number of amides is 2. The number of carbonyl (C=O) groups is 3. The molecule has 1 saturated heterocycles. The van der Waals surface area contributed by atoms with Crippen molar-refractivity contribution < 1.29 is 19.5 Å². The molecule has 0 aliphatic carbocycles. The molecule has 0 saturated carbocycles. The van der Waals surface area contributed by atoms with Crippen LogP contribution in [0, 0.1) is 5.92 Å². The highest BCUT2D eigenvalue weighted by Crippen LogP contribution is 2.27. The fraction of sp³-hybridized carbons (Fsp3) is 0.471. The molecular formula is C17H20N2O4. The van der Waals surface area contributed by atoms with E-state index in [9.17, 15) is 14.4 Å². The molecule has 2 amide bonds. The molecule has 6 nitrogen and oxygen atoms in total. The van der Waals surface area contributed by atoms with Crippen LogP contribution in [0.1, 0.15) is 24.8 Å². The van der Waals surface area contributed by atoms with Crippen LogP contribution in [0.3, 0.4) is 0 Å². The minimum Gasteiger partial charge on any atom is -0.481 e. The van der Waals surface area contributed by atoms with Crippen LogP contribution in [0.15, 0.2) is 24.3 Å². The Morgan fingerprint density at radius 3 is 2.74 bits per heavy atom. The standard InChI is InChI=1S/C17H20N2O4/c20-15(18-9-7-13(11-18)17(22)23)8-10-19-14-4-2-1-3-12(14)5-6-16(19)21/h1-4,13H,5-11H2,(H,22,23). The molecular weight excluding hydrogens is 296 g/mol. The van der Waals surface area contributed by atoms with Crippen LogP contribution in [0.25, 0.3) is 0 Å². The van der Waals surface area contributed by atoms with E-state index in [0.717, 1.165) is 17.7 Å². The number of anilines is 1. The van der Waals surface area contributed by atoms with Crippen LogP contribution >= 0.6 is 0 Å².